The molecule has 27 heavy (non-hydrogen) atoms. The minimum absolute atomic E-state index is 0. The van der Waals surface area contributed by atoms with Crippen molar-refractivity contribution in [3.05, 3.63) is 30.1 Å². The summed E-state index contributed by atoms with van der Waals surface area (Å²) in [6.45, 7) is 6.62. The van der Waals surface area contributed by atoms with Crippen LogP contribution in [0.25, 0.3) is 0 Å². The zero-order valence-electron chi connectivity index (χ0n) is 16.7. The summed E-state index contributed by atoms with van der Waals surface area (Å²) in [5.74, 6) is 1.69. The van der Waals surface area contributed by atoms with Gasteiger partial charge in [0.25, 0.3) is 0 Å². The summed E-state index contributed by atoms with van der Waals surface area (Å²) >= 11 is 0. The molecule has 0 aromatic carbocycles. The average Bonchev–Trinajstić information content (AvgIpc) is 2.67. The van der Waals surface area contributed by atoms with Gasteiger partial charge in [-0.05, 0) is 57.3 Å². The van der Waals surface area contributed by atoms with E-state index < -0.39 is 0 Å². The van der Waals surface area contributed by atoms with Crippen LogP contribution in [0.2, 0.25) is 0 Å². The molecule has 1 atom stereocenters. The molecule has 0 saturated carbocycles. The third-order valence-electron chi connectivity index (χ3n) is 5.54. The van der Waals surface area contributed by atoms with Gasteiger partial charge in [-0.2, -0.15) is 0 Å². The highest BCUT2D eigenvalue weighted by Gasteiger charge is 2.21. The van der Waals surface area contributed by atoms with Crippen LogP contribution in [0.15, 0.2) is 29.4 Å². The average molecular weight is 486 g/mol. The molecular formula is C20H35IN6. The van der Waals surface area contributed by atoms with E-state index in [0.29, 0.717) is 6.04 Å². The van der Waals surface area contributed by atoms with Gasteiger partial charge in [0.05, 0.1) is 5.69 Å². The van der Waals surface area contributed by atoms with Crippen molar-refractivity contribution in [2.24, 2.45) is 10.9 Å². The molecule has 0 aliphatic carbocycles. The van der Waals surface area contributed by atoms with E-state index in [1.807, 2.05) is 19.3 Å². The Hall–Kier alpha value is -0.930. The SMILES string of the molecule is CN=C(NCC1CCCN(C)C1)NC1CCN(Cc2ccccn2)CC1.I. The number of hydrogen-bond donors (Lipinski definition) is 2. The standard InChI is InChI=1S/C20H34N6.HI/c1-21-20(23-14-17-6-5-11-25(2)15-17)24-18-8-12-26(13-9-18)16-19-7-3-4-10-22-19;/h3-4,7,10,17-18H,5-6,8-9,11-16H2,1-2H3,(H2,21,23,24);1H. The summed E-state index contributed by atoms with van der Waals surface area (Å²) in [7, 11) is 4.09. The van der Waals surface area contributed by atoms with Crippen molar-refractivity contribution in [1.82, 2.24) is 25.4 Å². The lowest BCUT2D eigenvalue weighted by molar-refractivity contribution is 0.195. The molecule has 2 saturated heterocycles. The topological polar surface area (TPSA) is 55.8 Å². The fourth-order valence-electron chi connectivity index (χ4n) is 4.03. The van der Waals surface area contributed by atoms with E-state index in [2.05, 4.69) is 49.6 Å². The fourth-order valence-corrected chi connectivity index (χ4v) is 4.03. The largest absolute Gasteiger partial charge is 0.356 e. The molecule has 6 nitrogen and oxygen atoms in total. The number of aliphatic imine (C=N–C) groups is 1. The molecule has 0 radical (unpaired) electrons. The van der Waals surface area contributed by atoms with Crippen molar-refractivity contribution in [3.63, 3.8) is 0 Å². The molecule has 7 heteroatoms. The Morgan fingerprint density at radius 3 is 2.70 bits per heavy atom. The first-order valence-corrected chi connectivity index (χ1v) is 10.0. The number of pyridine rings is 1. The highest BCUT2D eigenvalue weighted by Crippen LogP contribution is 2.15. The van der Waals surface area contributed by atoms with Crippen LogP contribution in [-0.4, -0.2) is 73.6 Å². The third-order valence-corrected chi connectivity index (χ3v) is 5.54. The van der Waals surface area contributed by atoms with E-state index in [1.54, 1.807) is 0 Å². The van der Waals surface area contributed by atoms with Gasteiger partial charge in [-0.1, -0.05) is 6.07 Å². The number of piperidine rings is 2. The lowest BCUT2D eigenvalue weighted by atomic mass is 9.98. The number of nitrogens with one attached hydrogen (secondary N) is 2. The monoisotopic (exact) mass is 486 g/mol. The van der Waals surface area contributed by atoms with Crippen molar-refractivity contribution in [1.29, 1.82) is 0 Å². The van der Waals surface area contributed by atoms with Gasteiger partial charge in [0.15, 0.2) is 5.96 Å². The molecule has 152 valence electrons. The molecule has 2 N–H and O–H groups in total. The Kier molecular flexibility index (Phi) is 9.78. The number of rotatable bonds is 5. The number of nitrogens with zero attached hydrogens (tertiary/aromatic N) is 4. The predicted octanol–water partition coefficient (Wildman–Crippen LogP) is 2.17. The first kappa shape index (κ1) is 22.4. The second kappa shape index (κ2) is 11.8. The van der Waals surface area contributed by atoms with E-state index in [4.69, 9.17) is 0 Å². The quantitative estimate of drug-likeness (QED) is 0.380. The Labute approximate surface area is 181 Å². The molecule has 0 spiro atoms. The first-order chi connectivity index (χ1) is 12.7. The Morgan fingerprint density at radius 2 is 2.04 bits per heavy atom. The van der Waals surface area contributed by atoms with Crippen LogP contribution in [-0.2, 0) is 6.54 Å². The van der Waals surface area contributed by atoms with Crippen LogP contribution in [0.3, 0.4) is 0 Å². The first-order valence-electron chi connectivity index (χ1n) is 10.0. The molecule has 0 bridgehead atoms. The number of likely N-dealkylation sites (tertiary alicyclic amines) is 2. The van der Waals surface area contributed by atoms with Crippen LogP contribution in [0, 0.1) is 5.92 Å². The predicted molar refractivity (Wildman–Crippen MR) is 123 cm³/mol. The van der Waals surface area contributed by atoms with Gasteiger partial charge in [-0.3, -0.25) is 14.9 Å². The summed E-state index contributed by atoms with van der Waals surface area (Å²) in [5, 5.41) is 7.17. The minimum atomic E-state index is 0. The minimum Gasteiger partial charge on any atom is -0.356 e. The van der Waals surface area contributed by atoms with Crippen LogP contribution >= 0.6 is 24.0 Å². The van der Waals surface area contributed by atoms with Crippen molar-refractivity contribution in [2.75, 3.05) is 46.8 Å². The summed E-state index contributed by atoms with van der Waals surface area (Å²) < 4.78 is 0. The number of hydrogen-bond acceptors (Lipinski definition) is 4. The third kappa shape index (κ3) is 7.54. The zero-order valence-corrected chi connectivity index (χ0v) is 19.1. The number of guanidine groups is 1. The molecule has 2 aliphatic heterocycles. The van der Waals surface area contributed by atoms with Crippen LogP contribution < -0.4 is 10.6 Å². The molecule has 3 rings (SSSR count). The van der Waals surface area contributed by atoms with Gasteiger partial charge < -0.3 is 15.5 Å². The summed E-state index contributed by atoms with van der Waals surface area (Å²) in [6.07, 6.45) is 6.81. The summed E-state index contributed by atoms with van der Waals surface area (Å²) in [6, 6.07) is 6.66. The van der Waals surface area contributed by atoms with Gasteiger partial charge in [0, 0.05) is 52.0 Å². The van der Waals surface area contributed by atoms with Gasteiger partial charge in [-0.25, -0.2) is 0 Å². The summed E-state index contributed by atoms with van der Waals surface area (Å²) in [4.78, 5) is 13.8. The number of halogens is 1. The van der Waals surface area contributed by atoms with Crippen molar-refractivity contribution in [3.8, 4) is 0 Å². The molecule has 1 aromatic rings. The molecule has 1 aromatic heterocycles. The van der Waals surface area contributed by atoms with E-state index in [-0.39, 0.29) is 24.0 Å². The van der Waals surface area contributed by atoms with E-state index in [0.717, 1.165) is 56.6 Å². The molecule has 2 aliphatic rings. The smallest absolute Gasteiger partial charge is 0.191 e. The maximum absolute atomic E-state index is 4.44. The van der Waals surface area contributed by atoms with Crippen molar-refractivity contribution < 1.29 is 0 Å². The lowest BCUT2D eigenvalue weighted by Crippen LogP contribution is -2.50. The second-order valence-corrected chi connectivity index (χ2v) is 7.74. The fraction of sp³-hybridized carbons (Fsp3) is 0.700. The van der Waals surface area contributed by atoms with Crippen LogP contribution in [0.4, 0.5) is 0 Å². The lowest BCUT2D eigenvalue weighted by Gasteiger charge is -2.33. The molecular weight excluding hydrogens is 451 g/mol. The zero-order chi connectivity index (χ0) is 18.2. The molecule has 1 unspecified atom stereocenters. The van der Waals surface area contributed by atoms with Crippen molar-refractivity contribution in [2.45, 2.75) is 38.3 Å². The molecule has 2 fully saturated rings. The van der Waals surface area contributed by atoms with Crippen LogP contribution in [0.1, 0.15) is 31.4 Å². The Bertz CT molecular complexity index is 559. The maximum atomic E-state index is 4.44. The normalized spacial score (nSPS) is 22.9. The Morgan fingerprint density at radius 1 is 1.22 bits per heavy atom. The van der Waals surface area contributed by atoms with Crippen molar-refractivity contribution >= 4 is 29.9 Å². The van der Waals surface area contributed by atoms with Gasteiger partial charge >= 0.3 is 0 Å². The van der Waals surface area contributed by atoms with Gasteiger partial charge in [0.2, 0.25) is 0 Å². The van der Waals surface area contributed by atoms with Gasteiger partial charge in [-0.15, -0.1) is 24.0 Å². The van der Waals surface area contributed by atoms with E-state index >= 15 is 0 Å². The van der Waals surface area contributed by atoms with E-state index in [1.165, 1.54) is 25.9 Å². The highest BCUT2D eigenvalue weighted by molar-refractivity contribution is 14.0. The van der Waals surface area contributed by atoms with Gasteiger partial charge in [0.1, 0.15) is 0 Å². The van der Waals surface area contributed by atoms with E-state index in [9.17, 15) is 0 Å². The molecule has 3 heterocycles. The number of aromatic nitrogens is 1. The summed E-state index contributed by atoms with van der Waals surface area (Å²) in [5.41, 5.74) is 1.16. The maximum Gasteiger partial charge on any atom is 0.191 e. The molecule has 0 amide bonds. The second-order valence-electron chi connectivity index (χ2n) is 7.74. The Balaban J connectivity index is 0.00000261. The van der Waals surface area contributed by atoms with Crippen LogP contribution in [0.5, 0.6) is 0 Å². The highest BCUT2D eigenvalue weighted by atomic mass is 127.